The maximum absolute atomic E-state index is 11.2. The van der Waals surface area contributed by atoms with Crippen LogP contribution in [0.5, 0.6) is 0 Å². The van der Waals surface area contributed by atoms with Crippen LogP contribution in [0.15, 0.2) is 48.5 Å². The van der Waals surface area contributed by atoms with Crippen molar-refractivity contribution in [1.29, 1.82) is 0 Å². The largest absolute Gasteiger partial charge is 0.373 e. The van der Waals surface area contributed by atoms with Crippen LogP contribution >= 0.6 is 0 Å². The van der Waals surface area contributed by atoms with E-state index >= 15 is 0 Å². The molecule has 2 aromatic rings. The van der Waals surface area contributed by atoms with Gasteiger partial charge in [-0.15, -0.1) is 0 Å². The van der Waals surface area contributed by atoms with Gasteiger partial charge in [0, 0.05) is 17.7 Å². The van der Waals surface area contributed by atoms with Gasteiger partial charge in [-0.3, -0.25) is 14.9 Å². The van der Waals surface area contributed by atoms with Crippen LogP contribution in [0.25, 0.3) is 0 Å². The van der Waals surface area contributed by atoms with Gasteiger partial charge in [0.25, 0.3) is 5.69 Å². The van der Waals surface area contributed by atoms with Gasteiger partial charge in [-0.2, -0.15) is 0 Å². The van der Waals surface area contributed by atoms with Crippen LogP contribution in [0, 0.1) is 10.1 Å². The SMILES string of the molecule is CC(Nc1cc(C(N)=O)ccc1[N+](=O)[O-])c1ccccc1. The average molecular weight is 285 g/mol. The first-order valence-corrected chi connectivity index (χ1v) is 6.38. The fourth-order valence-electron chi connectivity index (χ4n) is 2.02. The zero-order valence-corrected chi connectivity index (χ0v) is 11.4. The number of nitro benzene ring substituents is 1. The molecule has 0 saturated carbocycles. The average Bonchev–Trinajstić information content (AvgIpc) is 2.47. The van der Waals surface area contributed by atoms with Gasteiger partial charge in [-0.05, 0) is 24.6 Å². The number of benzene rings is 2. The summed E-state index contributed by atoms with van der Waals surface area (Å²) in [5.41, 5.74) is 6.60. The van der Waals surface area contributed by atoms with Crippen molar-refractivity contribution >= 4 is 17.3 Å². The maximum atomic E-state index is 11.2. The first-order valence-electron chi connectivity index (χ1n) is 6.38. The molecule has 21 heavy (non-hydrogen) atoms. The van der Waals surface area contributed by atoms with Gasteiger partial charge in [-0.1, -0.05) is 30.3 Å². The second-order valence-corrected chi connectivity index (χ2v) is 4.63. The number of nitrogens with one attached hydrogen (secondary N) is 1. The molecule has 108 valence electrons. The fourth-order valence-corrected chi connectivity index (χ4v) is 2.02. The van der Waals surface area contributed by atoms with Crippen molar-refractivity contribution in [2.75, 3.05) is 5.32 Å². The zero-order chi connectivity index (χ0) is 15.4. The van der Waals surface area contributed by atoms with E-state index in [0.29, 0.717) is 0 Å². The first-order chi connectivity index (χ1) is 9.99. The van der Waals surface area contributed by atoms with Crippen LogP contribution in [-0.2, 0) is 0 Å². The Morgan fingerprint density at radius 1 is 1.24 bits per heavy atom. The molecular formula is C15H15N3O3. The molecule has 1 atom stereocenters. The van der Waals surface area contributed by atoms with Crippen LogP contribution in [0.1, 0.15) is 28.9 Å². The molecule has 0 spiro atoms. The number of rotatable bonds is 5. The Labute approximate surface area is 121 Å². The van der Waals surface area contributed by atoms with Crippen LogP contribution in [-0.4, -0.2) is 10.8 Å². The van der Waals surface area contributed by atoms with Crippen molar-refractivity contribution in [3.8, 4) is 0 Å². The number of hydrogen-bond donors (Lipinski definition) is 2. The van der Waals surface area contributed by atoms with Gasteiger partial charge in [0.1, 0.15) is 5.69 Å². The third-order valence-corrected chi connectivity index (χ3v) is 3.15. The van der Waals surface area contributed by atoms with E-state index in [-0.39, 0.29) is 23.0 Å². The molecule has 2 rings (SSSR count). The monoisotopic (exact) mass is 285 g/mol. The van der Waals surface area contributed by atoms with Gasteiger partial charge in [0.15, 0.2) is 0 Å². The normalized spacial score (nSPS) is 11.7. The minimum absolute atomic E-state index is 0.0946. The molecule has 0 radical (unpaired) electrons. The Bertz CT molecular complexity index is 671. The summed E-state index contributed by atoms with van der Waals surface area (Å²) in [6.07, 6.45) is 0. The zero-order valence-electron chi connectivity index (χ0n) is 11.4. The molecule has 0 saturated heterocycles. The second-order valence-electron chi connectivity index (χ2n) is 4.63. The van der Waals surface area contributed by atoms with Crippen molar-refractivity contribution in [3.63, 3.8) is 0 Å². The predicted octanol–water partition coefficient (Wildman–Crippen LogP) is 2.87. The lowest BCUT2D eigenvalue weighted by molar-refractivity contribution is -0.384. The molecule has 3 N–H and O–H groups in total. The quantitative estimate of drug-likeness (QED) is 0.651. The van der Waals surface area contributed by atoms with Crippen LogP contribution in [0.4, 0.5) is 11.4 Å². The molecule has 0 aromatic heterocycles. The lowest BCUT2D eigenvalue weighted by atomic mass is 10.1. The lowest BCUT2D eigenvalue weighted by Crippen LogP contribution is -2.13. The second kappa shape index (κ2) is 6.04. The minimum atomic E-state index is -0.625. The molecule has 0 aliphatic rings. The Morgan fingerprint density at radius 3 is 2.48 bits per heavy atom. The first kappa shape index (κ1) is 14.5. The number of anilines is 1. The third-order valence-electron chi connectivity index (χ3n) is 3.15. The molecule has 0 heterocycles. The standard InChI is InChI=1S/C15H15N3O3/c1-10(11-5-3-2-4-6-11)17-13-9-12(15(16)19)7-8-14(13)18(20)21/h2-10,17H,1H3,(H2,16,19). The van der Waals surface area contributed by atoms with E-state index in [4.69, 9.17) is 5.73 Å². The highest BCUT2D eigenvalue weighted by Gasteiger charge is 2.17. The minimum Gasteiger partial charge on any atom is -0.373 e. The highest BCUT2D eigenvalue weighted by Crippen LogP contribution is 2.29. The molecule has 2 aromatic carbocycles. The maximum Gasteiger partial charge on any atom is 0.292 e. The summed E-state index contributed by atoms with van der Waals surface area (Å²) in [6, 6.07) is 13.4. The van der Waals surface area contributed by atoms with E-state index in [1.807, 2.05) is 37.3 Å². The lowest BCUT2D eigenvalue weighted by Gasteiger charge is -2.16. The van der Waals surface area contributed by atoms with Crippen LogP contribution < -0.4 is 11.1 Å². The topological polar surface area (TPSA) is 98.3 Å². The van der Waals surface area contributed by atoms with E-state index in [2.05, 4.69) is 5.32 Å². The van der Waals surface area contributed by atoms with Crippen LogP contribution in [0.3, 0.4) is 0 Å². The smallest absolute Gasteiger partial charge is 0.292 e. The Balaban J connectivity index is 2.35. The third kappa shape index (κ3) is 3.36. The number of nitrogens with zero attached hydrogens (tertiary/aromatic N) is 1. The van der Waals surface area contributed by atoms with Gasteiger partial charge >= 0.3 is 0 Å². The molecule has 6 heteroatoms. The van der Waals surface area contributed by atoms with Crippen molar-refractivity contribution < 1.29 is 9.72 Å². The van der Waals surface area contributed by atoms with Crippen molar-refractivity contribution in [3.05, 3.63) is 69.8 Å². The number of primary amides is 1. The molecule has 0 aliphatic carbocycles. The number of nitrogens with two attached hydrogens (primary N) is 1. The molecule has 6 nitrogen and oxygen atoms in total. The fraction of sp³-hybridized carbons (Fsp3) is 0.133. The Kier molecular flexibility index (Phi) is 4.18. The molecule has 0 aliphatic heterocycles. The van der Waals surface area contributed by atoms with E-state index in [0.717, 1.165) is 5.56 Å². The van der Waals surface area contributed by atoms with Crippen molar-refractivity contribution in [2.45, 2.75) is 13.0 Å². The van der Waals surface area contributed by atoms with Crippen LogP contribution in [0.2, 0.25) is 0 Å². The summed E-state index contributed by atoms with van der Waals surface area (Å²) in [5, 5.41) is 14.1. The number of amides is 1. The Hall–Kier alpha value is -2.89. The van der Waals surface area contributed by atoms with Gasteiger partial charge in [0.2, 0.25) is 5.91 Å². The summed E-state index contributed by atoms with van der Waals surface area (Å²) in [5.74, 6) is -0.625. The highest BCUT2D eigenvalue weighted by atomic mass is 16.6. The molecule has 0 bridgehead atoms. The number of hydrogen-bond acceptors (Lipinski definition) is 4. The molecule has 1 amide bonds. The van der Waals surface area contributed by atoms with Gasteiger partial charge in [0.05, 0.1) is 4.92 Å². The highest BCUT2D eigenvalue weighted by molar-refractivity contribution is 5.94. The van der Waals surface area contributed by atoms with E-state index in [9.17, 15) is 14.9 Å². The summed E-state index contributed by atoms with van der Waals surface area (Å²) in [6.45, 7) is 1.88. The predicted molar refractivity (Wildman–Crippen MR) is 80.1 cm³/mol. The van der Waals surface area contributed by atoms with Crippen molar-refractivity contribution in [2.24, 2.45) is 5.73 Å². The van der Waals surface area contributed by atoms with E-state index < -0.39 is 10.8 Å². The van der Waals surface area contributed by atoms with E-state index in [1.165, 1.54) is 18.2 Å². The Morgan fingerprint density at radius 2 is 1.90 bits per heavy atom. The number of nitro groups is 1. The summed E-state index contributed by atoms with van der Waals surface area (Å²) in [7, 11) is 0. The van der Waals surface area contributed by atoms with Gasteiger partial charge in [-0.25, -0.2) is 0 Å². The summed E-state index contributed by atoms with van der Waals surface area (Å²) >= 11 is 0. The number of carbonyl (C=O) groups excluding carboxylic acids is 1. The summed E-state index contributed by atoms with van der Waals surface area (Å²) < 4.78 is 0. The molecular weight excluding hydrogens is 270 g/mol. The van der Waals surface area contributed by atoms with Gasteiger partial charge < -0.3 is 11.1 Å². The van der Waals surface area contributed by atoms with E-state index in [1.54, 1.807) is 0 Å². The summed E-state index contributed by atoms with van der Waals surface area (Å²) in [4.78, 5) is 21.8. The van der Waals surface area contributed by atoms with Crippen molar-refractivity contribution in [1.82, 2.24) is 0 Å². The number of carbonyl (C=O) groups is 1. The molecule has 0 fully saturated rings. The molecule has 1 unspecified atom stereocenters.